The third kappa shape index (κ3) is 3.58. The molecule has 1 amide bonds. The first-order valence-electron chi connectivity index (χ1n) is 7.74. The van der Waals surface area contributed by atoms with Crippen molar-refractivity contribution in [2.45, 2.75) is 13.8 Å². The van der Waals surface area contributed by atoms with Crippen LogP contribution in [0.25, 0.3) is 0 Å². The number of nitrogens with one attached hydrogen (secondary N) is 1. The standard InChI is InChI=1S/C17H19BrN2O6/c1-8-6-9(2)13(11(12(8)18)16(23)24)19-14-10(17(25)26-3)7-20(4-5-21)15(14)22/h6,19,21H,4-5,7H2,1-3H3,(H,23,24). The highest BCUT2D eigenvalue weighted by Crippen LogP contribution is 2.34. The van der Waals surface area contributed by atoms with Crippen LogP contribution in [0, 0.1) is 13.8 Å². The monoisotopic (exact) mass is 426 g/mol. The number of methoxy groups -OCH3 is 1. The van der Waals surface area contributed by atoms with Crippen LogP contribution >= 0.6 is 15.9 Å². The van der Waals surface area contributed by atoms with Gasteiger partial charge in [-0.05, 0) is 40.9 Å². The Morgan fingerprint density at radius 2 is 2.00 bits per heavy atom. The number of hydrogen-bond acceptors (Lipinski definition) is 6. The molecular weight excluding hydrogens is 408 g/mol. The Balaban J connectivity index is 2.57. The Kier molecular flexibility index (Phi) is 6.04. The first-order valence-corrected chi connectivity index (χ1v) is 8.53. The van der Waals surface area contributed by atoms with Gasteiger partial charge < -0.3 is 25.2 Å². The predicted molar refractivity (Wildman–Crippen MR) is 96.9 cm³/mol. The van der Waals surface area contributed by atoms with E-state index in [9.17, 15) is 19.5 Å². The van der Waals surface area contributed by atoms with E-state index in [1.54, 1.807) is 19.9 Å². The van der Waals surface area contributed by atoms with E-state index in [4.69, 9.17) is 9.84 Å². The number of esters is 1. The molecule has 1 heterocycles. The number of aliphatic hydroxyl groups excluding tert-OH is 1. The summed E-state index contributed by atoms with van der Waals surface area (Å²) in [5.41, 5.74) is 1.55. The number of carbonyl (C=O) groups excluding carboxylic acids is 2. The van der Waals surface area contributed by atoms with Crippen LogP contribution in [-0.4, -0.2) is 59.8 Å². The Labute approximate surface area is 158 Å². The van der Waals surface area contributed by atoms with Gasteiger partial charge >= 0.3 is 11.9 Å². The normalized spacial score (nSPS) is 14.0. The number of aryl methyl sites for hydroxylation is 2. The van der Waals surface area contributed by atoms with Crippen LogP contribution in [-0.2, 0) is 14.3 Å². The van der Waals surface area contributed by atoms with Gasteiger partial charge in [0, 0.05) is 11.0 Å². The SMILES string of the molecule is COC(=O)C1=C(Nc2c(C)cc(C)c(Br)c2C(=O)O)C(=O)N(CCO)C1. The number of β-amino-alcohol motifs (C(OH)–C–C–N with tert-alkyl or cyclic N) is 1. The van der Waals surface area contributed by atoms with Crippen LogP contribution in [0.1, 0.15) is 21.5 Å². The van der Waals surface area contributed by atoms with E-state index in [2.05, 4.69) is 21.2 Å². The Morgan fingerprint density at radius 1 is 1.35 bits per heavy atom. The molecule has 0 saturated carbocycles. The molecule has 0 fully saturated rings. The molecule has 0 bridgehead atoms. The van der Waals surface area contributed by atoms with Gasteiger partial charge in [-0.25, -0.2) is 9.59 Å². The van der Waals surface area contributed by atoms with Gasteiger partial charge in [0.25, 0.3) is 5.91 Å². The molecular formula is C17H19BrN2O6. The van der Waals surface area contributed by atoms with Gasteiger partial charge in [0.15, 0.2) is 0 Å². The van der Waals surface area contributed by atoms with Crippen LogP contribution < -0.4 is 5.32 Å². The van der Waals surface area contributed by atoms with Crippen LogP contribution in [0.5, 0.6) is 0 Å². The molecule has 0 spiro atoms. The second kappa shape index (κ2) is 7.88. The highest BCUT2D eigenvalue weighted by Gasteiger charge is 2.35. The van der Waals surface area contributed by atoms with E-state index in [1.165, 1.54) is 12.0 Å². The molecule has 1 aromatic rings. The first kappa shape index (κ1) is 19.9. The number of aromatic carboxylic acids is 1. The second-order valence-electron chi connectivity index (χ2n) is 5.80. The van der Waals surface area contributed by atoms with Crippen molar-refractivity contribution in [2.24, 2.45) is 0 Å². The lowest BCUT2D eigenvalue weighted by atomic mass is 10.0. The average Bonchev–Trinajstić information content (AvgIpc) is 2.88. The van der Waals surface area contributed by atoms with Crippen molar-refractivity contribution in [1.29, 1.82) is 0 Å². The Hall–Kier alpha value is -2.39. The van der Waals surface area contributed by atoms with Crippen molar-refractivity contribution < 1.29 is 29.3 Å². The lowest BCUT2D eigenvalue weighted by Crippen LogP contribution is -2.31. The van der Waals surface area contributed by atoms with Crippen molar-refractivity contribution in [1.82, 2.24) is 4.90 Å². The van der Waals surface area contributed by atoms with Gasteiger partial charge in [0.05, 0.1) is 37.1 Å². The summed E-state index contributed by atoms with van der Waals surface area (Å²) in [5, 5.41) is 21.5. The number of halogens is 1. The molecule has 0 saturated heterocycles. The summed E-state index contributed by atoms with van der Waals surface area (Å²) in [7, 11) is 1.20. The predicted octanol–water partition coefficient (Wildman–Crippen LogP) is 1.44. The molecule has 3 N–H and O–H groups in total. The van der Waals surface area contributed by atoms with Gasteiger partial charge in [-0.1, -0.05) is 6.07 Å². The summed E-state index contributed by atoms with van der Waals surface area (Å²) in [6.07, 6.45) is 0. The number of carboxylic acid groups (broad SMARTS) is 1. The van der Waals surface area contributed by atoms with E-state index in [-0.39, 0.29) is 42.2 Å². The van der Waals surface area contributed by atoms with E-state index in [0.717, 1.165) is 5.56 Å². The molecule has 0 radical (unpaired) electrons. The number of hydrogen-bond donors (Lipinski definition) is 3. The number of ether oxygens (including phenoxy) is 1. The van der Waals surface area contributed by atoms with Crippen LogP contribution in [0.3, 0.4) is 0 Å². The fourth-order valence-electron chi connectivity index (χ4n) is 2.80. The molecule has 1 aliphatic rings. The highest BCUT2D eigenvalue weighted by atomic mass is 79.9. The van der Waals surface area contributed by atoms with Crippen LogP contribution in [0.15, 0.2) is 21.8 Å². The summed E-state index contributed by atoms with van der Waals surface area (Å²) in [4.78, 5) is 37.7. The molecule has 26 heavy (non-hydrogen) atoms. The number of amides is 1. The molecule has 0 aliphatic carbocycles. The number of benzene rings is 1. The number of carboxylic acids is 1. The van der Waals surface area contributed by atoms with Gasteiger partial charge in [0.2, 0.25) is 0 Å². The minimum atomic E-state index is -1.18. The number of aliphatic hydroxyl groups is 1. The maximum Gasteiger partial charge on any atom is 0.338 e. The summed E-state index contributed by atoms with van der Waals surface area (Å²) in [6, 6.07) is 1.77. The second-order valence-corrected chi connectivity index (χ2v) is 6.59. The maximum atomic E-state index is 12.6. The number of anilines is 1. The quantitative estimate of drug-likeness (QED) is 0.589. The first-order chi connectivity index (χ1) is 12.2. The molecule has 0 unspecified atom stereocenters. The fraction of sp³-hybridized carbons (Fsp3) is 0.353. The lowest BCUT2D eigenvalue weighted by molar-refractivity contribution is -0.136. The molecule has 0 aromatic heterocycles. The minimum absolute atomic E-state index is 0.0249. The van der Waals surface area contributed by atoms with Gasteiger partial charge in [0.1, 0.15) is 5.70 Å². The zero-order valence-electron chi connectivity index (χ0n) is 14.6. The zero-order valence-corrected chi connectivity index (χ0v) is 16.1. The third-order valence-corrected chi connectivity index (χ3v) is 5.08. The Morgan fingerprint density at radius 3 is 2.54 bits per heavy atom. The van der Waals surface area contributed by atoms with Gasteiger partial charge in [-0.2, -0.15) is 0 Å². The van der Waals surface area contributed by atoms with Crippen molar-refractivity contribution in [3.8, 4) is 0 Å². The Bertz CT molecular complexity index is 818. The van der Waals surface area contributed by atoms with E-state index >= 15 is 0 Å². The average molecular weight is 427 g/mol. The highest BCUT2D eigenvalue weighted by molar-refractivity contribution is 9.10. The van der Waals surface area contributed by atoms with Crippen molar-refractivity contribution >= 4 is 39.5 Å². The third-order valence-electron chi connectivity index (χ3n) is 4.06. The minimum Gasteiger partial charge on any atom is -0.478 e. The molecule has 0 atom stereocenters. The number of rotatable bonds is 6. The number of nitrogens with zero attached hydrogens (tertiary/aromatic N) is 1. The lowest BCUT2D eigenvalue weighted by Gasteiger charge is -2.18. The molecule has 140 valence electrons. The van der Waals surface area contributed by atoms with Crippen molar-refractivity contribution in [2.75, 3.05) is 32.1 Å². The van der Waals surface area contributed by atoms with Crippen LogP contribution in [0.2, 0.25) is 0 Å². The summed E-state index contributed by atoms with van der Waals surface area (Å²) >= 11 is 3.27. The van der Waals surface area contributed by atoms with E-state index in [1.807, 2.05) is 0 Å². The smallest absolute Gasteiger partial charge is 0.338 e. The van der Waals surface area contributed by atoms with Gasteiger partial charge in [-0.15, -0.1) is 0 Å². The zero-order chi connectivity index (χ0) is 19.6. The number of carbonyl (C=O) groups is 3. The van der Waals surface area contributed by atoms with Crippen molar-refractivity contribution in [3.63, 3.8) is 0 Å². The molecule has 9 heteroatoms. The molecule has 1 aliphatic heterocycles. The summed E-state index contributed by atoms with van der Waals surface area (Å²) in [5.74, 6) is -2.38. The topological polar surface area (TPSA) is 116 Å². The van der Waals surface area contributed by atoms with E-state index < -0.39 is 17.8 Å². The van der Waals surface area contributed by atoms with Crippen LogP contribution in [0.4, 0.5) is 5.69 Å². The molecule has 8 nitrogen and oxygen atoms in total. The van der Waals surface area contributed by atoms with E-state index in [0.29, 0.717) is 10.0 Å². The molecule has 1 aromatic carbocycles. The van der Waals surface area contributed by atoms with Crippen molar-refractivity contribution in [3.05, 3.63) is 38.5 Å². The van der Waals surface area contributed by atoms with Gasteiger partial charge in [-0.3, -0.25) is 4.79 Å². The molecule has 2 rings (SSSR count). The maximum absolute atomic E-state index is 12.6. The summed E-state index contributed by atoms with van der Waals surface area (Å²) < 4.78 is 5.11. The largest absolute Gasteiger partial charge is 0.478 e. The fourth-order valence-corrected chi connectivity index (χ4v) is 3.28. The summed E-state index contributed by atoms with van der Waals surface area (Å²) in [6.45, 7) is 3.23.